The first-order valence-corrected chi connectivity index (χ1v) is 8.91. The van der Waals surface area contributed by atoms with Gasteiger partial charge in [0.05, 0.1) is 15.4 Å². The Morgan fingerprint density at radius 1 is 1.15 bits per heavy atom. The van der Waals surface area contributed by atoms with E-state index in [1.165, 1.54) is 23.9 Å². The van der Waals surface area contributed by atoms with Gasteiger partial charge in [0.15, 0.2) is 6.61 Å². The fourth-order valence-corrected chi connectivity index (χ4v) is 2.74. The first kappa shape index (κ1) is 19.5. The van der Waals surface area contributed by atoms with Gasteiger partial charge in [-0.15, -0.1) is 11.8 Å². The number of benzene rings is 2. The van der Waals surface area contributed by atoms with Gasteiger partial charge in [-0.1, -0.05) is 6.07 Å². The molecule has 2 aromatic rings. The number of nitrogens with zero attached hydrogens (tertiary/aromatic N) is 1. The van der Waals surface area contributed by atoms with Crippen molar-refractivity contribution >= 4 is 35.0 Å². The van der Waals surface area contributed by atoms with Crippen molar-refractivity contribution in [3.8, 4) is 0 Å². The largest absolute Gasteiger partial charge is 0.452 e. The lowest BCUT2D eigenvalue weighted by atomic mass is 10.1. The summed E-state index contributed by atoms with van der Waals surface area (Å²) in [7, 11) is 0. The van der Waals surface area contributed by atoms with Crippen molar-refractivity contribution in [1.29, 1.82) is 0 Å². The number of hydrogen-bond acceptors (Lipinski definition) is 6. The zero-order valence-corrected chi connectivity index (χ0v) is 15.4. The molecular formula is C18H18N2O5S. The quantitative estimate of drug-likeness (QED) is 0.358. The Hall–Kier alpha value is -2.87. The first-order valence-electron chi connectivity index (χ1n) is 7.68. The molecule has 2 aromatic carbocycles. The van der Waals surface area contributed by atoms with E-state index in [2.05, 4.69) is 5.32 Å². The monoisotopic (exact) mass is 374 g/mol. The number of aryl methyl sites for hydroxylation is 2. The maximum absolute atomic E-state index is 12.0. The minimum atomic E-state index is -0.795. The van der Waals surface area contributed by atoms with Gasteiger partial charge in [-0.2, -0.15) is 0 Å². The zero-order chi connectivity index (χ0) is 19.3. The summed E-state index contributed by atoms with van der Waals surface area (Å²) in [5.74, 6) is -1.28. The average Bonchev–Trinajstić information content (AvgIpc) is 2.62. The van der Waals surface area contributed by atoms with Crippen LogP contribution >= 0.6 is 11.8 Å². The van der Waals surface area contributed by atoms with Crippen LogP contribution in [-0.4, -0.2) is 29.7 Å². The molecule has 0 aliphatic rings. The van der Waals surface area contributed by atoms with Gasteiger partial charge in [-0.3, -0.25) is 14.9 Å². The van der Waals surface area contributed by atoms with Gasteiger partial charge in [-0.25, -0.2) is 4.79 Å². The molecule has 7 nitrogen and oxygen atoms in total. The normalized spacial score (nSPS) is 10.3. The van der Waals surface area contributed by atoms with Crippen LogP contribution < -0.4 is 5.32 Å². The summed E-state index contributed by atoms with van der Waals surface area (Å²) >= 11 is 1.21. The lowest BCUT2D eigenvalue weighted by Gasteiger charge is -2.09. The Morgan fingerprint density at radius 3 is 2.50 bits per heavy atom. The molecular weight excluding hydrogens is 356 g/mol. The van der Waals surface area contributed by atoms with E-state index in [4.69, 9.17) is 4.74 Å². The molecule has 8 heteroatoms. The van der Waals surface area contributed by atoms with Crippen molar-refractivity contribution in [2.45, 2.75) is 18.7 Å². The first-order chi connectivity index (χ1) is 12.3. The van der Waals surface area contributed by atoms with Gasteiger partial charge < -0.3 is 10.1 Å². The third-order valence-electron chi connectivity index (χ3n) is 3.74. The number of rotatable bonds is 6. The molecule has 0 bridgehead atoms. The summed E-state index contributed by atoms with van der Waals surface area (Å²) in [6.07, 6.45) is 1.71. The Balaban J connectivity index is 1.99. The van der Waals surface area contributed by atoms with E-state index in [0.29, 0.717) is 10.6 Å². The van der Waals surface area contributed by atoms with E-state index in [1.807, 2.05) is 26.0 Å². The SMILES string of the molecule is CSc1ccc(C(=O)OCC(=O)Nc2ccc(C)c(C)c2)cc1[N+](=O)[O-]. The summed E-state index contributed by atoms with van der Waals surface area (Å²) in [4.78, 5) is 34.9. The summed E-state index contributed by atoms with van der Waals surface area (Å²) in [5.41, 5.74) is 2.58. The number of thioether (sulfide) groups is 1. The van der Waals surface area contributed by atoms with Crippen LogP contribution in [0.4, 0.5) is 11.4 Å². The minimum absolute atomic E-state index is 0.0217. The molecule has 1 N–H and O–H groups in total. The second-order valence-corrected chi connectivity index (χ2v) is 6.42. The van der Waals surface area contributed by atoms with E-state index in [9.17, 15) is 19.7 Å². The standard InChI is InChI=1S/C18H18N2O5S/c1-11-4-6-14(8-12(11)2)19-17(21)10-25-18(22)13-5-7-16(26-3)15(9-13)20(23)24/h4-9H,10H2,1-3H3,(H,19,21). The molecule has 0 unspecified atom stereocenters. The predicted octanol–water partition coefficient (Wildman–Crippen LogP) is 3.73. The van der Waals surface area contributed by atoms with E-state index in [0.717, 1.165) is 17.2 Å². The highest BCUT2D eigenvalue weighted by atomic mass is 32.2. The number of nitro groups is 1. The number of nitro benzene ring substituents is 1. The van der Waals surface area contributed by atoms with Crippen LogP contribution in [0.1, 0.15) is 21.5 Å². The van der Waals surface area contributed by atoms with Crippen LogP contribution in [-0.2, 0) is 9.53 Å². The van der Waals surface area contributed by atoms with Gasteiger partial charge in [0.25, 0.3) is 11.6 Å². The fraction of sp³-hybridized carbons (Fsp3) is 0.222. The summed E-state index contributed by atoms with van der Waals surface area (Å²) in [6, 6.07) is 9.52. The number of carbonyl (C=O) groups is 2. The maximum Gasteiger partial charge on any atom is 0.338 e. The van der Waals surface area contributed by atoms with Gasteiger partial charge in [0.2, 0.25) is 0 Å². The number of esters is 1. The Kier molecular flexibility index (Phi) is 6.35. The van der Waals surface area contributed by atoms with Crippen LogP contribution in [0, 0.1) is 24.0 Å². The number of carbonyl (C=O) groups excluding carboxylic acids is 2. The van der Waals surface area contributed by atoms with Crippen LogP contribution in [0.3, 0.4) is 0 Å². The maximum atomic E-state index is 12.0. The van der Waals surface area contributed by atoms with Crippen molar-refractivity contribution in [2.75, 3.05) is 18.2 Å². The molecule has 136 valence electrons. The molecule has 0 radical (unpaired) electrons. The summed E-state index contributed by atoms with van der Waals surface area (Å²) in [6.45, 7) is 3.41. The van der Waals surface area contributed by atoms with Crippen molar-refractivity contribution in [3.63, 3.8) is 0 Å². The molecule has 0 aliphatic carbocycles. The molecule has 0 saturated carbocycles. The molecule has 2 rings (SSSR count). The van der Waals surface area contributed by atoms with Crippen LogP contribution in [0.15, 0.2) is 41.3 Å². The molecule has 0 atom stereocenters. The highest BCUT2D eigenvalue weighted by Gasteiger charge is 2.18. The Morgan fingerprint density at radius 2 is 1.88 bits per heavy atom. The second-order valence-electron chi connectivity index (χ2n) is 5.57. The highest BCUT2D eigenvalue weighted by molar-refractivity contribution is 7.98. The van der Waals surface area contributed by atoms with E-state index < -0.39 is 23.4 Å². The third kappa shape index (κ3) is 4.82. The lowest BCUT2D eigenvalue weighted by molar-refractivity contribution is -0.387. The summed E-state index contributed by atoms with van der Waals surface area (Å²) in [5, 5.41) is 13.7. The Labute approximate surface area is 154 Å². The molecule has 0 fully saturated rings. The van der Waals surface area contributed by atoms with Crippen molar-refractivity contribution < 1.29 is 19.2 Å². The van der Waals surface area contributed by atoms with Crippen LogP contribution in [0.5, 0.6) is 0 Å². The molecule has 0 heterocycles. The average molecular weight is 374 g/mol. The number of anilines is 1. The van der Waals surface area contributed by atoms with E-state index in [-0.39, 0.29) is 11.3 Å². The second kappa shape index (κ2) is 8.48. The topological polar surface area (TPSA) is 98.5 Å². The number of amides is 1. The van der Waals surface area contributed by atoms with E-state index >= 15 is 0 Å². The van der Waals surface area contributed by atoms with E-state index in [1.54, 1.807) is 12.3 Å². The Bertz CT molecular complexity index is 867. The lowest BCUT2D eigenvalue weighted by Crippen LogP contribution is -2.21. The van der Waals surface area contributed by atoms with Gasteiger partial charge in [-0.05, 0) is 55.5 Å². The number of ether oxygens (including phenoxy) is 1. The number of nitrogens with one attached hydrogen (secondary N) is 1. The molecule has 0 aromatic heterocycles. The molecule has 0 aliphatic heterocycles. The molecule has 1 amide bonds. The van der Waals surface area contributed by atoms with Crippen LogP contribution in [0.25, 0.3) is 0 Å². The smallest absolute Gasteiger partial charge is 0.338 e. The van der Waals surface area contributed by atoms with Crippen molar-refractivity contribution in [1.82, 2.24) is 0 Å². The third-order valence-corrected chi connectivity index (χ3v) is 4.52. The fourth-order valence-electron chi connectivity index (χ4n) is 2.19. The number of hydrogen-bond donors (Lipinski definition) is 1. The van der Waals surface area contributed by atoms with Crippen molar-refractivity contribution in [2.24, 2.45) is 0 Å². The van der Waals surface area contributed by atoms with Crippen molar-refractivity contribution in [3.05, 3.63) is 63.2 Å². The zero-order valence-electron chi connectivity index (χ0n) is 14.6. The van der Waals surface area contributed by atoms with Gasteiger partial charge >= 0.3 is 5.97 Å². The molecule has 0 spiro atoms. The molecule has 26 heavy (non-hydrogen) atoms. The van der Waals surface area contributed by atoms with Crippen LogP contribution in [0.2, 0.25) is 0 Å². The van der Waals surface area contributed by atoms with Gasteiger partial charge in [0, 0.05) is 11.8 Å². The predicted molar refractivity (Wildman–Crippen MR) is 99.7 cm³/mol. The van der Waals surface area contributed by atoms with Gasteiger partial charge in [0.1, 0.15) is 0 Å². The molecule has 0 saturated heterocycles. The summed E-state index contributed by atoms with van der Waals surface area (Å²) < 4.78 is 4.94. The highest BCUT2D eigenvalue weighted by Crippen LogP contribution is 2.28. The minimum Gasteiger partial charge on any atom is -0.452 e.